The summed E-state index contributed by atoms with van der Waals surface area (Å²) in [6.07, 6.45) is 0.980. The molecule has 1 aliphatic rings. The third-order valence-electron chi connectivity index (χ3n) is 3.22. The Bertz CT molecular complexity index is 605. The van der Waals surface area contributed by atoms with E-state index in [4.69, 9.17) is 23.2 Å². The first kappa shape index (κ1) is 11.9. The number of nitrogens with zero attached hydrogens (tertiary/aromatic N) is 2. The predicted octanol–water partition coefficient (Wildman–Crippen LogP) is 3.84. The zero-order valence-electron chi connectivity index (χ0n) is 10.0. The fraction of sp³-hybridized carbons (Fsp3) is 0.308. The van der Waals surface area contributed by atoms with E-state index >= 15 is 0 Å². The van der Waals surface area contributed by atoms with Crippen LogP contribution in [-0.4, -0.2) is 16.3 Å². The molecular weight excluding hydrogens is 269 g/mol. The second-order valence-electron chi connectivity index (χ2n) is 4.27. The van der Waals surface area contributed by atoms with Gasteiger partial charge in [-0.2, -0.15) is 5.10 Å². The molecule has 94 valence electrons. The quantitative estimate of drug-likeness (QED) is 0.906. The van der Waals surface area contributed by atoms with Gasteiger partial charge in [-0.15, -0.1) is 0 Å². The van der Waals surface area contributed by atoms with Crippen LogP contribution in [0.25, 0.3) is 11.3 Å². The largest absolute Gasteiger partial charge is 0.370 e. The van der Waals surface area contributed by atoms with E-state index in [-0.39, 0.29) is 0 Å². The molecular formula is C13H13Cl2N3. The molecule has 3 nitrogen and oxygen atoms in total. The summed E-state index contributed by atoms with van der Waals surface area (Å²) in [5, 5.41) is 9.15. The molecule has 0 saturated heterocycles. The number of rotatable bonds is 2. The van der Waals surface area contributed by atoms with Crippen LogP contribution in [0.15, 0.2) is 18.2 Å². The number of halogens is 2. The van der Waals surface area contributed by atoms with E-state index in [1.165, 1.54) is 5.56 Å². The first-order valence-corrected chi connectivity index (χ1v) is 6.76. The van der Waals surface area contributed by atoms with E-state index in [1.807, 2.05) is 16.8 Å². The third kappa shape index (κ3) is 1.70. The fourth-order valence-corrected chi connectivity index (χ4v) is 2.76. The maximum absolute atomic E-state index is 6.28. The SMILES string of the molecule is CCn1nc(-c2cccc(Cl)c2Cl)c2c1NCC2. The first-order valence-electron chi connectivity index (χ1n) is 6.00. The van der Waals surface area contributed by atoms with Gasteiger partial charge in [-0.3, -0.25) is 0 Å². The molecule has 1 aromatic carbocycles. The normalized spacial score (nSPS) is 13.5. The standard InChI is InChI=1S/C13H13Cl2N3/c1-2-18-13-9(6-7-16-13)12(17-18)8-4-3-5-10(14)11(8)15/h3-5,16H,2,6-7H2,1H3. The summed E-state index contributed by atoms with van der Waals surface area (Å²) in [6, 6.07) is 5.67. The Hall–Kier alpha value is -1.19. The molecule has 0 spiro atoms. The summed E-state index contributed by atoms with van der Waals surface area (Å²) in [6.45, 7) is 3.88. The Morgan fingerprint density at radius 1 is 1.39 bits per heavy atom. The number of hydrogen-bond donors (Lipinski definition) is 1. The molecule has 0 unspecified atom stereocenters. The summed E-state index contributed by atoms with van der Waals surface area (Å²) in [4.78, 5) is 0. The van der Waals surface area contributed by atoms with E-state index in [9.17, 15) is 0 Å². The van der Waals surface area contributed by atoms with Gasteiger partial charge in [0.2, 0.25) is 0 Å². The zero-order valence-corrected chi connectivity index (χ0v) is 11.5. The topological polar surface area (TPSA) is 29.9 Å². The van der Waals surface area contributed by atoms with Gasteiger partial charge in [0.05, 0.1) is 15.7 Å². The molecule has 2 aromatic rings. The summed E-state index contributed by atoms with van der Waals surface area (Å²) >= 11 is 12.4. The molecule has 0 atom stereocenters. The van der Waals surface area contributed by atoms with Crippen molar-refractivity contribution in [2.24, 2.45) is 0 Å². The number of aromatic nitrogens is 2. The molecule has 18 heavy (non-hydrogen) atoms. The second-order valence-corrected chi connectivity index (χ2v) is 5.05. The molecule has 2 heterocycles. The van der Waals surface area contributed by atoms with Gasteiger partial charge in [-0.25, -0.2) is 4.68 Å². The Morgan fingerprint density at radius 2 is 2.22 bits per heavy atom. The van der Waals surface area contributed by atoms with Crippen LogP contribution in [0.5, 0.6) is 0 Å². The van der Waals surface area contributed by atoms with Crippen molar-refractivity contribution in [3.63, 3.8) is 0 Å². The molecule has 1 aromatic heterocycles. The van der Waals surface area contributed by atoms with E-state index < -0.39 is 0 Å². The van der Waals surface area contributed by atoms with Gasteiger partial charge in [-0.05, 0) is 19.4 Å². The van der Waals surface area contributed by atoms with Crippen molar-refractivity contribution in [2.45, 2.75) is 19.9 Å². The van der Waals surface area contributed by atoms with Gasteiger partial charge in [0, 0.05) is 24.2 Å². The van der Waals surface area contributed by atoms with E-state index in [2.05, 4.69) is 17.3 Å². The molecule has 5 heteroatoms. The Labute approximate surface area is 116 Å². The highest BCUT2D eigenvalue weighted by molar-refractivity contribution is 6.43. The van der Waals surface area contributed by atoms with Gasteiger partial charge in [0.15, 0.2) is 0 Å². The van der Waals surface area contributed by atoms with E-state index in [0.29, 0.717) is 10.0 Å². The number of anilines is 1. The Balaban J connectivity index is 2.21. The minimum atomic E-state index is 0.569. The number of aryl methyl sites for hydroxylation is 1. The van der Waals surface area contributed by atoms with Crippen molar-refractivity contribution < 1.29 is 0 Å². The van der Waals surface area contributed by atoms with Gasteiger partial charge in [-0.1, -0.05) is 35.3 Å². The summed E-state index contributed by atoms with van der Waals surface area (Å²) in [5.41, 5.74) is 3.10. The van der Waals surface area contributed by atoms with Crippen LogP contribution >= 0.6 is 23.2 Å². The van der Waals surface area contributed by atoms with Crippen LogP contribution in [0.1, 0.15) is 12.5 Å². The highest BCUT2D eigenvalue weighted by atomic mass is 35.5. The summed E-state index contributed by atoms with van der Waals surface area (Å²) in [7, 11) is 0. The second kappa shape index (κ2) is 4.48. The van der Waals surface area contributed by atoms with Crippen molar-refractivity contribution in [2.75, 3.05) is 11.9 Å². The van der Waals surface area contributed by atoms with Gasteiger partial charge in [0.25, 0.3) is 0 Å². The Morgan fingerprint density at radius 3 is 3.00 bits per heavy atom. The lowest BCUT2D eigenvalue weighted by Crippen LogP contribution is -2.04. The molecule has 0 aliphatic carbocycles. The number of hydrogen-bond acceptors (Lipinski definition) is 2. The molecule has 0 bridgehead atoms. The average molecular weight is 282 g/mol. The van der Waals surface area contributed by atoms with Crippen molar-refractivity contribution in [1.29, 1.82) is 0 Å². The first-order chi connectivity index (χ1) is 8.72. The van der Waals surface area contributed by atoms with Crippen molar-refractivity contribution >= 4 is 29.0 Å². The van der Waals surface area contributed by atoms with E-state index in [1.54, 1.807) is 6.07 Å². The molecule has 0 radical (unpaired) electrons. The molecule has 3 rings (SSSR count). The lowest BCUT2D eigenvalue weighted by Gasteiger charge is -2.04. The maximum atomic E-state index is 6.28. The number of benzene rings is 1. The predicted molar refractivity (Wildman–Crippen MR) is 75.6 cm³/mol. The lowest BCUT2D eigenvalue weighted by molar-refractivity contribution is 0.668. The van der Waals surface area contributed by atoms with Crippen molar-refractivity contribution in [1.82, 2.24) is 9.78 Å². The van der Waals surface area contributed by atoms with Crippen molar-refractivity contribution in [3.8, 4) is 11.3 Å². The monoisotopic (exact) mass is 281 g/mol. The van der Waals surface area contributed by atoms with Crippen LogP contribution in [-0.2, 0) is 13.0 Å². The molecule has 0 fully saturated rings. The molecule has 1 aliphatic heterocycles. The van der Waals surface area contributed by atoms with Crippen LogP contribution < -0.4 is 5.32 Å². The van der Waals surface area contributed by atoms with Crippen LogP contribution in [0.2, 0.25) is 10.0 Å². The average Bonchev–Trinajstić information content (AvgIpc) is 2.94. The van der Waals surface area contributed by atoms with Crippen molar-refractivity contribution in [3.05, 3.63) is 33.8 Å². The highest BCUT2D eigenvalue weighted by Crippen LogP contribution is 2.38. The zero-order chi connectivity index (χ0) is 12.7. The highest BCUT2D eigenvalue weighted by Gasteiger charge is 2.23. The molecule has 0 saturated carbocycles. The Kier molecular flexibility index (Phi) is 2.96. The van der Waals surface area contributed by atoms with Crippen LogP contribution in [0.3, 0.4) is 0 Å². The molecule has 1 N–H and O–H groups in total. The van der Waals surface area contributed by atoms with E-state index in [0.717, 1.165) is 36.6 Å². The minimum Gasteiger partial charge on any atom is -0.370 e. The maximum Gasteiger partial charge on any atom is 0.128 e. The third-order valence-corrected chi connectivity index (χ3v) is 4.04. The summed E-state index contributed by atoms with van der Waals surface area (Å²) < 4.78 is 1.98. The number of nitrogens with one attached hydrogen (secondary N) is 1. The van der Waals surface area contributed by atoms with Gasteiger partial charge in [0.1, 0.15) is 5.82 Å². The lowest BCUT2D eigenvalue weighted by atomic mass is 10.1. The number of fused-ring (bicyclic) bond motifs is 1. The van der Waals surface area contributed by atoms with Gasteiger partial charge < -0.3 is 5.32 Å². The van der Waals surface area contributed by atoms with Crippen LogP contribution in [0.4, 0.5) is 5.82 Å². The summed E-state index contributed by atoms with van der Waals surface area (Å²) in [5.74, 6) is 1.11. The van der Waals surface area contributed by atoms with Gasteiger partial charge >= 0.3 is 0 Å². The minimum absolute atomic E-state index is 0.569. The molecule has 0 amide bonds. The smallest absolute Gasteiger partial charge is 0.128 e. The fourth-order valence-electron chi connectivity index (χ4n) is 2.37. The van der Waals surface area contributed by atoms with Crippen LogP contribution in [0, 0.1) is 0 Å².